The van der Waals surface area contributed by atoms with Gasteiger partial charge >= 0.3 is 0 Å². The molecule has 2 aromatic rings. The monoisotopic (exact) mass is 464 g/mol. The summed E-state index contributed by atoms with van der Waals surface area (Å²) in [6.07, 6.45) is 1.49. The summed E-state index contributed by atoms with van der Waals surface area (Å²) in [5, 5.41) is 2.24. The van der Waals surface area contributed by atoms with Gasteiger partial charge in [-0.2, -0.15) is 0 Å². The third kappa shape index (κ3) is 5.36. The van der Waals surface area contributed by atoms with Crippen LogP contribution in [0.1, 0.15) is 12.5 Å². The molecule has 1 aliphatic rings. The molecule has 1 heterocycles. The zero-order valence-electron chi connectivity index (χ0n) is 16.6. The molecule has 1 fully saturated rings. The van der Waals surface area contributed by atoms with Crippen molar-refractivity contribution in [3.05, 3.63) is 57.7 Å². The van der Waals surface area contributed by atoms with Crippen LogP contribution in [0.2, 0.25) is 5.02 Å². The summed E-state index contributed by atoms with van der Waals surface area (Å²) < 4.78 is 23.7. The number of methoxy groups -OCH3 is 1. The third-order valence-corrected chi connectivity index (χ3v) is 5.33. The lowest BCUT2D eigenvalue weighted by Crippen LogP contribution is -2.36. The molecule has 0 aliphatic carbocycles. The fourth-order valence-corrected chi connectivity index (χ4v) is 3.88. The molecule has 1 N–H and O–H groups in total. The van der Waals surface area contributed by atoms with Crippen molar-refractivity contribution in [3.63, 3.8) is 0 Å². The van der Waals surface area contributed by atoms with Crippen LogP contribution in [0.5, 0.6) is 11.5 Å². The number of benzene rings is 2. The molecule has 3 rings (SSSR count). The number of amides is 3. The van der Waals surface area contributed by atoms with Gasteiger partial charge < -0.3 is 14.8 Å². The number of ether oxygens (including phenoxy) is 2. The van der Waals surface area contributed by atoms with E-state index in [1.54, 1.807) is 12.1 Å². The first-order valence-corrected chi connectivity index (χ1v) is 10.3. The topological polar surface area (TPSA) is 84.9 Å². The number of hydrogen-bond donors (Lipinski definition) is 1. The largest absolute Gasteiger partial charge is 0.493 e. The van der Waals surface area contributed by atoms with Crippen molar-refractivity contribution in [2.75, 3.05) is 25.6 Å². The van der Waals surface area contributed by atoms with Crippen molar-refractivity contribution in [2.24, 2.45) is 0 Å². The molecular formula is C21H18ClFN2O5S. The quantitative estimate of drug-likeness (QED) is 0.604. The van der Waals surface area contributed by atoms with E-state index in [0.717, 1.165) is 4.90 Å². The van der Waals surface area contributed by atoms with E-state index in [1.807, 2.05) is 6.92 Å². The SMILES string of the molecule is CCOc1c(Cl)cc(/C=C2\SC(=O)N(CC(=O)Nc3ccc(F)cc3)C2=O)cc1OC. The molecule has 10 heteroatoms. The first-order valence-electron chi connectivity index (χ1n) is 9.13. The second-order valence-corrected chi connectivity index (χ2v) is 7.69. The van der Waals surface area contributed by atoms with Gasteiger partial charge in [-0.3, -0.25) is 19.3 Å². The molecule has 3 amide bonds. The fraction of sp³-hybridized carbons (Fsp3) is 0.190. The number of anilines is 1. The van der Waals surface area contributed by atoms with Gasteiger partial charge in [0.2, 0.25) is 5.91 Å². The Labute approximate surface area is 187 Å². The second kappa shape index (κ2) is 9.84. The van der Waals surface area contributed by atoms with E-state index >= 15 is 0 Å². The molecule has 0 spiro atoms. The highest BCUT2D eigenvalue weighted by Crippen LogP contribution is 2.38. The molecule has 0 unspecified atom stereocenters. The van der Waals surface area contributed by atoms with Crippen molar-refractivity contribution < 1.29 is 28.2 Å². The summed E-state index contributed by atoms with van der Waals surface area (Å²) in [4.78, 5) is 38.1. The van der Waals surface area contributed by atoms with Gasteiger partial charge in [-0.15, -0.1) is 0 Å². The number of carbonyl (C=O) groups excluding carboxylic acids is 3. The molecule has 0 radical (unpaired) electrons. The highest BCUT2D eigenvalue weighted by atomic mass is 35.5. The Hall–Kier alpha value is -3.04. The Kier molecular flexibility index (Phi) is 7.19. The van der Waals surface area contributed by atoms with Gasteiger partial charge in [0.25, 0.3) is 11.1 Å². The van der Waals surface area contributed by atoms with E-state index < -0.39 is 29.4 Å². The molecule has 0 aromatic heterocycles. The van der Waals surface area contributed by atoms with E-state index in [9.17, 15) is 18.8 Å². The Morgan fingerprint density at radius 1 is 1.26 bits per heavy atom. The molecule has 162 valence electrons. The molecule has 1 saturated heterocycles. The lowest BCUT2D eigenvalue weighted by molar-refractivity contribution is -0.127. The minimum Gasteiger partial charge on any atom is -0.493 e. The maximum absolute atomic E-state index is 13.0. The van der Waals surface area contributed by atoms with Crippen LogP contribution in [-0.2, 0) is 9.59 Å². The van der Waals surface area contributed by atoms with Gasteiger partial charge in [-0.25, -0.2) is 4.39 Å². The molecule has 0 saturated carbocycles. The van der Waals surface area contributed by atoms with Crippen LogP contribution >= 0.6 is 23.4 Å². The minimum atomic E-state index is -0.603. The van der Waals surface area contributed by atoms with Crippen LogP contribution < -0.4 is 14.8 Å². The third-order valence-electron chi connectivity index (χ3n) is 4.14. The molecule has 31 heavy (non-hydrogen) atoms. The Morgan fingerprint density at radius 3 is 2.61 bits per heavy atom. The second-order valence-electron chi connectivity index (χ2n) is 6.29. The number of nitrogens with one attached hydrogen (secondary N) is 1. The first kappa shape index (κ1) is 22.6. The summed E-state index contributed by atoms with van der Waals surface area (Å²) >= 11 is 6.96. The summed E-state index contributed by atoms with van der Waals surface area (Å²) in [5.41, 5.74) is 0.886. The Morgan fingerprint density at radius 2 is 1.97 bits per heavy atom. The Balaban J connectivity index is 1.75. The normalized spacial score (nSPS) is 14.8. The highest BCUT2D eigenvalue weighted by molar-refractivity contribution is 8.18. The first-order chi connectivity index (χ1) is 14.8. The van der Waals surface area contributed by atoms with Gasteiger partial charge in [-0.1, -0.05) is 11.6 Å². The van der Waals surface area contributed by atoms with E-state index in [0.29, 0.717) is 46.1 Å². The molecule has 7 nitrogen and oxygen atoms in total. The summed E-state index contributed by atoms with van der Waals surface area (Å²) in [6, 6.07) is 8.35. The molecule has 2 aromatic carbocycles. The lowest BCUT2D eigenvalue weighted by Gasteiger charge is -2.13. The number of thioether (sulfide) groups is 1. The lowest BCUT2D eigenvalue weighted by atomic mass is 10.1. The van der Waals surface area contributed by atoms with E-state index in [-0.39, 0.29) is 4.91 Å². The van der Waals surface area contributed by atoms with E-state index in [2.05, 4.69) is 5.32 Å². The van der Waals surface area contributed by atoms with Crippen molar-refractivity contribution >= 4 is 52.2 Å². The number of imide groups is 1. The minimum absolute atomic E-state index is 0.141. The number of halogens is 2. The van der Waals surface area contributed by atoms with Crippen molar-refractivity contribution in [2.45, 2.75) is 6.92 Å². The van der Waals surface area contributed by atoms with Crippen LogP contribution in [0.15, 0.2) is 41.3 Å². The van der Waals surface area contributed by atoms with Gasteiger partial charge in [0, 0.05) is 5.69 Å². The average molecular weight is 465 g/mol. The average Bonchev–Trinajstić information content (AvgIpc) is 2.98. The predicted molar refractivity (Wildman–Crippen MR) is 117 cm³/mol. The van der Waals surface area contributed by atoms with Crippen molar-refractivity contribution in [1.82, 2.24) is 4.90 Å². The van der Waals surface area contributed by atoms with Crippen LogP contribution in [-0.4, -0.2) is 42.2 Å². The number of carbonyl (C=O) groups is 3. The molecular weight excluding hydrogens is 447 g/mol. The van der Waals surface area contributed by atoms with Gasteiger partial charge in [0.15, 0.2) is 11.5 Å². The maximum atomic E-state index is 13.0. The number of nitrogens with zero attached hydrogens (tertiary/aromatic N) is 1. The van der Waals surface area contributed by atoms with Gasteiger partial charge in [0.05, 0.1) is 23.6 Å². The summed E-state index contributed by atoms with van der Waals surface area (Å²) in [7, 11) is 1.46. The van der Waals surface area contributed by atoms with Crippen LogP contribution in [0.3, 0.4) is 0 Å². The van der Waals surface area contributed by atoms with Crippen molar-refractivity contribution in [1.29, 1.82) is 0 Å². The fourth-order valence-electron chi connectivity index (χ4n) is 2.77. The zero-order valence-corrected chi connectivity index (χ0v) is 18.2. The molecule has 1 aliphatic heterocycles. The van der Waals surface area contributed by atoms with Gasteiger partial charge in [-0.05, 0) is 66.7 Å². The van der Waals surface area contributed by atoms with E-state index in [1.165, 1.54) is 37.5 Å². The molecule has 0 atom stereocenters. The Bertz CT molecular complexity index is 1060. The zero-order chi connectivity index (χ0) is 22.5. The predicted octanol–water partition coefficient (Wildman–Crippen LogP) is 4.56. The summed E-state index contributed by atoms with van der Waals surface area (Å²) in [6.45, 7) is 1.74. The van der Waals surface area contributed by atoms with Gasteiger partial charge in [0.1, 0.15) is 12.4 Å². The van der Waals surface area contributed by atoms with E-state index in [4.69, 9.17) is 21.1 Å². The highest BCUT2D eigenvalue weighted by Gasteiger charge is 2.36. The maximum Gasteiger partial charge on any atom is 0.294 e. The van der Waals surface area contributed by atoms with Crippen molar-refractivity contribution in [3.8, 4) is 11.5 Å². The standard InChI is InChI=1S/C21H18ClFN2O5S/c1-3-30-19-15(22)8-12(9-16(19)29-2)10-17-20(27)25(21(28)31-17)11-18(26)24-14-6-4-13(23)5-7-14/h4-10H,3,11H2,1-2H3,(H,24,26)/b17-10-. The molecule has 0 bridgehead atoms. The van der Waals surface area contributed by atoms with Crippen LogP contribution in [0.4, 0.5) is 14.9 Å². The number of rotatable bonds is 7. The summed E-state index contributed by atoms with van der Waals surface area (Å²) in [5.74, 6) is -0.859. The van der Waals surface area contributed by atoms with Crippen LogP contribution in [0, 0.1) is 5.82 Å². The number of hydrogen-bond acceptors (Lipinski definition) is 6. The smallest absolute Gasteiger partial charge is 0.294 e. The van der Waals surface area contributed by atoms with Crippen LogP contribution in [0.25, 0.3) is 6.08 Å².